The highest BCUT2D eigenvalue weighted by atomic mass is 32.2. The minimum absolute atomic E-state index is 0.0714. The molecule has 1 aromatic carbocycles. The van der Waals surface area contributed by atoms with Crippen molar-refractivity contribution in [2.24, 2.45) is 0 Å². The lowest BCUT2D eigenvalue weighted by Crippen LogP contribution is -2.27. The normalized spacial score (nSPS) is 16.8. The zero-order valence-corrected chi connectivity index (χ0v) is 18.4. The molecule has 1 aliphatic rings. The third-order valence-electron chi connectivity index (χ3n) is 5.64. The molecule has 1 unspecified atom stereocenters. The number of nitrogens with one attached hydrogen (secondary N) is 1. The number of fused-ring (bicyclic) bond motifs is 1. The minimum atomic E-state index is -2.92. The number of anilines is 1. The maximum absolute atomic E-state index is 15.7. The largest absolute Gasteiger partial charge is 0.479 e. The van der Waals surface area contributed by atoms with Gasteiger partial charge in [-0.2, -0.15) is 11.8 Å². The van der Waals surface area contributed by atoms with Gasteiger partial charge in [-0.25, -0.2) is 32.5 Å². The predicted molar refractivity (Wildman–Crippen MR) is 117 cm³/mol. The van der Waals surface area contributed by atoms with E-state index in [-0.39, 0.29) is 17.1 Å². The van der Waals surface area contributed by atoms with Gasteiger partial charge in [-0.3, -0.25) is 0 Å². The Kier molecular flexibility index (Phi) is 6.41. The van der Waals surface area contributed by atoms with Crippen LogP contribution in [0.25, 0.3) is 10.9 Å². The SMILES string of the molecule is COc1nc(C2(F)CCSCC2)cc2c(NC(C)c3cccc(C(F)F)c3F)ncnc12. The fourth-order valence-corrected chi connectivity index (χ4v) is 4.97. The number of aromatic nitrogens is 3. The van der Waals surface area contributed by atoms with Gasteiger partial charge in [0.15, 0.2) is 5.67 Å². The molecule has 4 rings (SSSR count). The van der Waals surface area contributed by atoms with Crippen molar-refractivity contribution in [1.29, 1.82) is 0 Å². The molecule has 5 nitrogen and oxygen atoms in total. The molecule has 0 saturated carbocycles. The van der Waals surface area contributed by atoms with Crippen molar-refractivity contribution in [1.82, 2.24) is 15.0 Å². The van der Waals surface area contributed by atoms with Crippen LogP contribution >= 0.6 is 11.8 Å². The summed E-state index contributed by atoms with van der Waals surface area (Å²) in [6, 6.07) is 4.78. The van der Waals surface area contributed by atoms with Crippen LogP contribution in [0, 0.1) is 5.82 Å². The maximum atomic E-state index is 15.7. The molecule has 170 valence electrons. The first-order valence-electron chi connectivity index (χ1n) is 10.1. The summed E-state index contributed by atoms with van der Waals surface area (Å²) in [5.41, 5.74) is -1.58. The average Bonchev–Trinajstić information content (AvgIpc) is 2.79. The molecule has 2 aromatic heterocycles. The predicted octanol–water partition coefficient (Wildman–Crippen LogP) is 5.98. The van der Waals surface area contributed by atoms with Crippen LogP contribution < -0.4 is 10.1 Å². The van der Waals surface area contributed by atoms with E-state index in [4.69, 9.17) is 4.74 Å². The van der Waals surface area contributed by atoms with Crippen LogP contribution in [-0.4, -0.2) is 33.6 Å². The Morgan fingerprint density at radius 1 is 1.16 bits per heavy atom. The standard InChI is InChI=1S/C22H22F4N4OS/c1-12(13-4-3-5-14(17(13)23)19(24)25)29-20-15-10-16(22(26)6-8-32-9-7-22)30-21(31-2)18(15)27-11-28-20/h3-5,10-12,19H,6-9H2,1-2H3,(H,27,28,29). The van der Waals surface area contributed by atoms with E-state index in [1.165, 1.54) is 25.6 Å². The third kappa shape index (κ3) is 4.20. The number of nitrogens with zero attached hydrogens (tertiary/aromatic N) is 3. The number of methoxy groups -OCH3 is 1. The summed E-state index contributed by atoms with van der Waals surface area (Å²) < 4.78 is 61.9. The van der Waals surface area contributed by atoms with Crippen molar-refractivity contribution in [3.63, 3.8) is 0 Å². The molecular formula is C22H22F4N4OS. The molecule has 32 heavy (non-hydrogen) atoms. The molecule has 0 aliphatic carbocycles. The quantitative estimate of drug-likeness (QED) is 0.452. The van der Waals surface area contributed by atoms with Crippen molar-refractivity contribution in [2.75, 3.05) is 23.9 Å². The first-order valence-corrected chi connectivity index (χ1v) is 11.3. The van der Waals surface area contributed by atoms with E-state index in [9.17, 15) is 13.2 Å². The molecule has 0 amide bonds. The molecular weight excluding hydrogens is 444 g/mol. The molecule has 0 spiro atoms. The first kappa shape index (κ1) is 22.6. The van der Waals surface area contributed by atoms with E-state index in [1.807, 2.05) is 0 Å². The van der Waals surface area contributed by atoms with Gasteiger partial charge in [0.25, 0.3) is 6.43 Å². The highest BCUT2D eigenvalue weighted by Gasteiger charge is 2.36. The minimum Gasteiger partial charge on any atom is -0.479 e. The zero-order valence-electron chi connectivity index (χ0n) is 17.5. The van der Waals surface area contributed by atoms with Crippen molar-refractivity contribution in [3.05, 3.63) is 53.2 Å². The Morgan fingerprint density at radius 3 is 2.56 bits per heavy atom. The molecule has 3 aromatic rings. The van der Waals surface area contributed by atoms with Gasteiger partial charge in [-0.05, 0) is 37.3 Å². The molecule has 1 aliphatic heterocycles. The summed E-state index contributed by atoms with van der Waals surface area (Å²) >= 11 is 1.69. The van der Waals surface area contributed by atoms with E-state index < -0.39 is 29.5 Å². The Balaban J connectivity index is 1.76. The number of benzene rings is 1. The highest BCUT2D eigenvalue weighted by molar-refractivity contribution is 7.99. The van der Waals surface area contributed by atoms with Crippen LogP contribution in [0.1, 0.15) is 49.1 Å². The summed E-state index contributed by atoms with van der Waals surface area (Å²) in [6.07, 6.45) is -0.972. The smallest absolute Gasteiger partial charge is 0.266 e. The number of halogens is 4. The van der Waals surface area contributed by atoms with Crippen LogP contribution in [0.15, 0.2) is 30.6 Å². The molecule has 1 atom stereocenters. The Hall–Kier alpha value is -2.62. The van der Waals surface area contributed by atoms with E-state index >= 15 is 4.39 Å². The Bertz CT molecular complexity index is 1120. The van der Waals surface area contributed by atoms with Crippen molar-refractivity contribution in [2.45, 2.75) is 37.9 Å². The molecule has 1 N–H and O–H groups in total. The third-order valence-corrected chi connectivity index (χ3v) is 6.63. The summed E-state index contributed by atoms with van der Waals surface area (Å²) in [4.78, 5) is 12.8. The number of hydrogen-bond acceptors (Lipinski definition) is 6. The summed E-state index contributed by atoms with van der Waals surface area (Å²) in [5.74, 6) is 0.872. The number of ether oxygens (including phenoxy) is 1. The zero-order chi connectivity index (χ0) is 22.9. The summed E-state index contributed by atoms with van der Waals surface area (Å²) in [5, 5.41) is 3.52. The number of pyridine rings is 1. The maximum Gasteiger partial charge on any atom is 0.266 e. The average molecular weight is 467 g/mol. The van der Waals surface area contributed by atoms with E-state index in [0.29, 0.717) is 41.1 Å². The van der Waals surface area contributed by atoms with Crippen LogP contribution in [-0.2, 0) is 5.67 Å². The number of thioether (sulfide) groups is 1. The van der Waals surface area contributed by atoms with Crippen LogP contribution in [0.5, 0.6) is 5.88 Å². The number of hydrogen-bond donors (Lipinski definition) is 1. The lowest BCUT2D eigenvalue weighted by atomic mass is 9.93. The molecule has 0 bridgehead atoms. The fourth-order valence-electron chi connectivity index (χ4n) is 3.83. The Morgan fingerprint density at radius 2 is 1.88 bits per heavy atom. The van der Waals surface area contributed by atoms with Gasteiger partial charge in [0.2, 0.25) is 5.88 Å². The van der Waals surface area contributed by atoms with Gasteiger partial charge in [-0.15, -0.1) is 0 Å². The monoisotopic (exact) mass is 466 g/mol. The van der Waals surface area contributed by atoms with Crippen LogP contribution in [0.3, 0.4) is 0 Å². The van der Waals surface area contributed by atoms with Gasteiger partial charge in [0.05, 0.1) is 29.8 Å². The van der Waals surface area contributed by atoms with E-state index in [0.717, 1.165) is 6.07 Å². The van der Waals surface area contributed by atoms with Crippen LogP contribution in [0.2, 0.25) is 0 Å². The lowest BCUT2D eigenvalue weighted by Gasteiger charge is -2.29. The second-order valence-electron chi connectivity index (χ2n) is 7.63. The second-order valence-corrected chi connectivity index (χ2v) is 8.85. The van der Waals surface area contributed by atoms with Gasteiger partial charge in [0, 0.05) is 5.56 Å². The van der Waals surface area contributed by atoms with Crippen LogP contribution in [0.4, 0.5) is 23.4 Å². The van der Waals surface area contributed by atoms with Gasteiger partial charge >= 0.3 is 0 Å². The summed E-state index contributed by atoms with van der Waals surface area (Å²) in [7, 11) is 1.43. The number of rotatable bonds is 6. The van der Waals surface area contributed by atoms with Crippen molar-refractivity contribution in [3.8, 4) is 5.88 Å². The molecule has 1 saturated heterocycles. The van der Waals surface area contributed by atoms with Crippen molar-refractivity contribution < 1.29 is 22.3 Å². The van der Waals surface area contributed by atoms with E-state index in [2.05, 4.69) is 20.3 Å². The van der Waals surface area contributed by atoms with Crippen molar-refractivity contribution >= 4 is 28.5 Å². The van der Waals surface area contributed by atoms with Gasteiger partial charge in [-0.1, -0.05) is 18.2 Å². The Labute approximate surface area is 187 Å². The van der Waals surface area contributed by atoms with E-state index in [1.54, 1.807) is 24.8 Å². The second kappa shape index (κ2) is 9.09. The van der Waals surface area contributed by atoms with Gasteiger partial charge < -0.3 is 10.1 Å². The lowest BCUT2D eigenvalue weighted by molar-refractivity contribution is 0.144. The van der Waals surface area contributed by atoms with Gasteiger partial charge in [0.1, 0.15) is 23.5 Å². The molecule has 3 heterocycles. The summed E-state index contributed by atoms with van der Waals surface area (Å²) in [6.45, 7) is 1.63. The molecule has 1 fully saturated rings. The number of alkyl halides is 3. The first-order chi connectivity index (χ1) is 15.3. The topological polar surface area (TPSA) is 59.9 Å². The fraction of sp³-hybridized carbons (Fsp3) is 0.409. The highest BCUT2D eigenvalue weighted by Crippen LogP contribution is 2.41. The molecule has 10 heteroatoms. The molecule has 0 radical (unpaired) electrons.